The number of benzene rings is 3. The third kappa shape index (κ3) is 1.67. The predicted molar refractivity (Wildman–Crippen MR) is 101 cm³/mol. The first-order chi connectivity index (χ1) is 11.8. The molecule has 0 fully saturated rings. The fourth-order valence-corrected chi connectivity index (χ4v) is 3.78. The minimum Gasteiger partial charge on any atom is -0.343 e. The third-order valence-corrected chi connectivity index (χ3v) is 4.98. The van der Waals surface area contributed by atoms with E-state index in [1.54, 1.807) is 0 Å². The van der Waals surface area contributed by atoms with Gasteiger partial charge in [-0.15, -0.1) is 0 Å². The van der Waals surface area contributed by atoms with Crippen molar-refractivity contribution in [2.45, 2.75) is 6.54 Å². The van der Waals surface area contributed by atoms with Crippen molar-refractivity contribution < 1.29 is 0 Å². The van der Waals surface area contributed by atoms with Crippen LogP contribution in [-0.2, 0) is 6.54 Å². The molecular weight excluding hydrogens is 294 g/mol. The van der Waals surface area contributed by atoms with Crippen molar-refractivity contribution in [3.8, 4) is 11.3 Å². The lowest BCUT2D eigenvalue weighted by atomic mass is 9.93. The average molecular weight is 311 g/mol. The van der Waals surface area contributed by atoms with Crippen molar-refractivity contribution in [2.75, 3.05) is 11.9 Å². The molecule has 0 spiro atoms. The summed E-state index contributed by atoms with van der Waals surface area (Å²) in [7, 11) is 2.12. The summed E-state index contributed by atoms with van der Waals surface area (Å²) in [4.78, 5) is 7.27. The van der Waals surface area contributed by atoms with Crippen molar-refractivity contribution in [1.82, 2.24) is 4.98 Å². The molecule has 0 saturated heterocycles. The Hall–Kier alpha value is -2.91. The van der Waals surface area contributed by atoms with Crippen LogP contribution < -0.4 is 10.6 Å². The van der Waals surface area contributed by atoms with Crippen LogP contribution in [0.15, 0.2) is 60.7 Å². The molecule has 4 aromatic rings. The van der Waals surface area contributed by atoms with Crippen molar-refractivity contribution in [1.29, 1.82) is 0 Å². The van der Waals surface area contributed by atoms with Gasteiger partial charge in [0.25, 0.3) is 0 Å². The van der Waals surface area contributed by atoms with Gasteiger partial charge in [-0.3, -0.25) is 0 Å². The molecule has 0 amide bonds. The Morgan fingerprint density at radius 1 is 0.917 bits per heavy atom. The largest absolute Gasteiger partial charge is 0.343 e. The van der Waals surface area contributed by atoms with E-state index >= 15 is 0 Å². The van der Waals surface area contributed by atoms with Gasteiger partial charge in [-0.2, -0.15) is 0 Å². The van der Waals surface area contributed by atoms with Crippen LogP contribution >= 0.6 is 0 Å². The van der Waals surface area contributed by atoms with Gasteiger partial charge in [-0.1, -0.05) is 36.4 Å². The van der Waals surface area contributed by atoms with E-state index in [9.17, 15) is 0 Å². The van der Waals surface area contributed by atoms with Gasteiger partial charge in [0.05, 0.1) is 22.6 Å². The van der Waals surface area contributed by atoms with Gasteiger partial charge in [0, 0.05) is 29.9 Å². The average Bonchev–Trinajstić information content (AvgIpc) is 2.65. The van der Waals surface area contributed by atoms with E-state index in [2.05, 4.69) is 72.6 Å². The lowest BCUT2D eigenvalue weighted by molar-refractivity contribution is 1.07. The minimum absolute atomic E-state index is 0.543. The summed E-state index contributed by atoms with van der Waals surface area (Å²) in [6, 6.07) is 21.3. The zero-order valence-electron chi connectivity index (χ0n) is 13.5. The molecule has 0 unspecified atom stereocenters. The monoisotopic (exact) mass is 311 g/mol. The Balaban J connectivity index is 2.01. The molecule has 1 aliphatic rings. The molecule has 3 nitrogen and oxygen atoms in total. The van der Waals surface area contributed by atoms with Crippen molar-refractivity contribution in [3.63, 3.8) is 0 Å². The van der Waals surface area contributed by atoms with Crippen LogP contribution in [0.5, 0.6) is 0 Å². The third-order valence-electron chi connectivity index (χ3n) is 4.98. The number of aromatic nitrogens is 1. The number of anilines is 2. The smallest absolute Gasteiger partial charge is 0.0830 e. The van der Waals surface area contributed by atoms with Crippen molar-refractivity contribution >= 4 is 33.1 Å². The lowest BCUT2D eigenvalue weighted by Crippen LogP contribution is -2.15. The van der Waals surface area contributed by atoms with E-state index < -0.39 is 0 Å². The van der Waals surface area contributed by atoms with Gasteiger partial charge in [0.2, 0.25) is 0 Å². The van der Waals surface area contributed by atoms with Gasteiger partial charge in [0.1, 0.15) is 0 Å². The SMILES string of the molecule is CN1c2ccccc2-c2nc3ccc(CN)cc3c3cccc1c23. The molecule has 0 radical (unpaired) electrons. The Kier molecular flexibility index (Phi) is 2.70. The molecule has 24 heavy (non-hydrogen) atoms. The molecule has 0 bridgehead atoms. The molecular formula is C21H17N3. The molecule has 116 valence electrons. The van der Waals surface area contributed by atoms with E-state index in [-0.39, 0.29) is 0 Å². The summed E-state index contributed by atoms with van der Waals surface area (Å²) in [6.07, 6.45) is 0. The second kappa shape index (κ2) is 4.79. The maximum Gasteiger partial charge on any atom is 0.0830 e. The first kappa shape index (κ1) is 13.5. The molecule has 2 heterocycles. The lowest BCUT2D eigenvalue weighted by Gasteiger charge is -2.30. The fraction of sp³-hybridized carbons (Fsp3) is 0.0952. The highest BCUT2D eigenvalue weighted by Crippen LogP contribution is 2.47. The minimum atomic E-state index is 0.543. The summed E-state index contributed by atoms with van der Waals surface area (Å²) in [5.41, 5.74) is 12.7. The summed E-state index contributed by atoms with van der Waals surface area (Å²) in [5.74, 6) is 0. The molecule has 3 aromatic carbocycles. The highest BCUT2D eigenvalue weighted by molar-refractivity contribution is 6.18. The molecule has 0 saturated carbocycles. The molecule has 5 rings (SSSR count). The van der Waals surface area contributed by atoms with Crippen LogP contribution in [0.1, 0.15) is 5.56 Å². The molecule has 1 aliphatic heterocycles. The quantitative estimate of drug-likeness (QED) is 0.523. The molecule has 0 atom stereocenters. The molecule has 3 heteroatoms. The first-order valence-corrected chi connectivity index (χ1v) is 8.16. The van der Waals surface area contributed by atoms with Crippen LogP contribution in [0.3, 0.4) is 0 Å². The van der Waals surface area contributed by atoms with Crippen molar-refractivity contribution in [2.24, 2.45) is 5.73 Å². The van der Waals surface area contributed by atoms with Gasteiger partial charge < -0.3 is 10.6 Å². The number of nitrogens with two attached hydrogens (primary N) is 1. The summed E-state index contributed by atoms with van der Waals surface area (Å²) >= 11 is 0. The number of para-hydroxylation sites is 1. The summed E-state index contributed by atoms with van der Waals surface area (Å²) in [5, 5.41) is 3.64. The number of hydrogen-bond donors (Lipinski definition) is 1. The van der Waals surface area contributed by atoms with Crippen LogP contribution in [0.2, 0.25) is 0 Å². The summed E-state index contributed by atoms with van der Waals surface area (Å²) in [6.45, 7) is 0.543. The second-order valence-electron chi connectivity index (χ2n) is 6.29. The maximum absolute atomic E-state index is 5.84. The standard InChI is InChI=1S/C21H17N3/c1-24-18-7-3-2-5-15(18)21-20-14(6-4-8-19(20)24)16-11-13(12-22)9-10-17(16)23-21/h2-11H,12,22H2,1H3. The second-order valence-corrected chi connectivity index (χ2v) is 6.29. The van der Waals surface area contributed by atoms with Gasteiger partial charge in [-0.25, -0.2) is 4.98 Å². The Bertz CT molecular complexity index is 1110. The Morgan fingerprint density at radius 2 is 1.75 bits per heavy atom. The maximum atomic E-state index is 5.84. The van der Waals surface area contributed by atoms with Gasteiger partial charge >= 0.3 is 0 Å². The van der Waals surface area contributed by atoms with Crippen LogP contribution in [0.4, 0.5) is 11.4 Å². The van der Waals surface area contributed by atoms with E-state index in [4.69, 9.17) is 10.7 Å². The van der Waals surface area contributed by atoms with E-state index in [0.717, 1.165) is 16.8 Å². The van der Waals surface area contributed by atoms with Gasteiger partial charge in [-0.05, 0) is 35.2 Å². The number of fused-ring (bicyclic) bond motifs is 4. The molecule has 2 N–H and O–H groups in total. The van der Waals surface area contributed by atoms with Crippen LogP contribution in [0, 0.1) is 0 Å². The number of rotatable bonds is 1. The van der Waals surface area contributed by atoms with E-state index in [0.29, 0.717) is 6.54 Å². The summed E-state index contributed by atoms with van der Waals surface area (Å²) < 4.78 is 0. The predicted octanol–water partition coefficient (Wildman–Crippen LogP) is 4.60. The number of hydrogen-bond acceptors (Lipinski definition) is 3. The zero-order valence-corrected chi connectivity index (χ0v) is 13.5. The number of nitrogens with zero attached hydrogens (tertiary/aromatic N) is 2. The zero-order chi connectivity index (χ0) is 16.3. The highest BCUT2D eigenvalue weighted by atomic mass is 15.1. The molecule has 1 aromatic heterocycles. The number of pyridine rings is 1. The van der Waals surface area contributed by atoms with E-state index in [1.807, 2.05) is 0 Å². The molecule has 0 aliphatic carbocycles. The highest BCUT2D eigenvalue weighted by Gasteiger charge is 2.24. The van der Waals surface area contributed by atoms with Gasteiger partial charge in [0.15, 0.2) is 0 Å². The normalized spacial score (nSPS) is 12.7. The first-order valence-electron chi connectivity index (χ1n) is 8.16. The van der Waals surface area contributed by atoms with Crippen LogP contribution in [0.25, 0.3) is 32.9 Å². The Labute approximate surface area is 140 Å². The van der Waals surface area contributed by atoms with Crippen LogP contribution in [-0.4, -0.2) is 12.0 Å². The van der Waals surface area contributed by atoms with Crippen molar-refractivity contribution in [3.05, 3.63) is 66.2 Å². The topological polar surface area (TPSA) is 42.2 Å². The van der Waals surface area contributed by atoms with E-state index in [1.165, 1.54) is 33.1 Å². The Morgan fingerprint density at radius 3 is 2.62 bits per heavy atom. The fourth-order valence-electron chi connectivity index (χ4n) is 3.78.